The molecule has 0 aromatic rings. The molecule has 0 aromatic heterocycles. The second-order valence-corrected chi connectivity index (χ2v) is 3.82. The van der Waals surface area contributed by atoms with Crippen LogP contribution in [-0.4, -0.2) is 36.4 Å². The molecule has 4 heteroatoms. The number of ether oxygens (including phenoxy) is 1. The molecule has 2 atom stereocenters. The summed E-state index contributed by atoms with van der Waals surface area (Å²) < 4.78 is 5.41. The Balaban J connectivity index is 2.08. The van der Waals surface area contributed by atoms with E-state index in [1.54, 1.807) is 6.92 Å². The maximum atomic E-state index is 11.3. The summed E-state index contributed by atoms with van der Waals surface area (Å²) in [7, 11) is 0. The van der Waals surface area contributed by atoms with Gasteiger partial charge < -0.3 is 15.2 Å². The number of carbonyl (C=O) groups excluding carboxylic acids is 1. The van der Waals surface area contributed by atoms with Crippen LogP contribution in [0, 0.1) is 0 Å². The molecule has 0 aromatic carbocycles. The third-order valence-corrected chi connectivity index (χ3v) is 2.40. The Morgan fingerprint density at radius 1 is 1.71 bits per heavy atom. The van der Waals surface area contributed by atoms with Crippen LogP contribution >= 0.6 is 0 Å². The minimum atomic E-state index is -0.146. The van der Waals surface area contributed by atoms with Gasteiger partial charge in [-0.3, -0.25) is 4.79 Å². The highest BCUT2D eigenvalue weighted by Crippen LogP contribution is 2.16. The fourth-order valence-corrected chi connectivity index (χ4v) is 1.56. The smallest absolute Gasteiger partial charge is 0.220 e. The molecule has 14 heavy (non-hydrogen) atoms. The Hall–Kier alpha value is -0.610. The van der Waals surface area contributed by atoms with Crippen molar-refractivity contribution in [1.82, 2.24) is 5.32 Å². The van der Waals surface area contributed by atoms with Crippen LogP contribution in [-0.2, 0) is 9.53 Å². The van der Waals surface area contributed by atoms with Gasteiger partial charge in [0.2, 0.25) is 5.91 Å². The maximum absolute atomic E-state index is 11.3. The van der Waals surface area contributed by atoms with Crippen LogP contribution in [0.2, 0.25) is 0 Å². The van der Waals surface area contributed by atoms with E-state index in [-0.39, 0.29) is 24.7 Å². The summed E-state index contributed by atoms with van der Waals surface area (Å²) in [5.41, 5.74) is 0. The number of rotatable bonds is 5. The summed E-state index contributed by atoms with van der Waals surface area (Å²) in [6, 6.07) is -0.146. The van der Waals surface area contributed by atoms with Crippen LogP contribution in [0.3, 0.4) is 0 Å². The standard InChI is InChI=1S/C10H19NO3/c1-8(7-12)11-10(13)5-4-9-3-2-6-14-9/h8-9,12H,2-7H2,1H3,(H,11,13)/t8-,9?/m0/s1. The van der Waals surface area contributed by atoms with Crippen molar-refractivity contribution in [2.75, 3.05) is 13.2 Å². The lowest BCUT2D eigenvalue weighted by Crippen LogP contribution is -2.35. The number of aliphatic hydroxyl groups excluding tert-OH is 1. The van der Waals surface area contributed by atoms with E-state index in [0.29, 0.717) is 6.42 Å². The molecule has 0 aliphatic carbocycles. The highest BCUT2D eigenvalue weighted by atomic mass is 16.5. The number of amides is 1. The van der Waals surface area contributed by atoms with Gasteiger partial charge in [-0.2, -0.15) is 0 Å². The van der Waals surface area contributed by atoms with Crippen molar-refractivity contribution in [1.29, 1.82) is 0 Å². The molecule has 1 rings (SSSR count). The molecule has 0 bridgehead atoms. The summed E-state index contributed by atoms with van der Waals surface area (Å²) in [6.07, 6.45) is 3.74. The highest BCUT2D eigenvalue weighted by molar-refractivity contribution is 5.76. The lowest BCUT2D eigenvalue weighted by atomic mass is 10.1. The maximum Gasteiger partial charge on any atom is 0.220 e. The summed E-state index contributed by atoms with van der Waals surface area (Å²) in [4.78, 5) is 11.3. The average molecular weight is 201 g/mol. The van der Waals surface area contributed by atoms with Crippen LogP contribution in [0.5, 0.6) is 0 Å². The van der Waals surface area contributed by atoms with Crippen LogP contribution in [0.4, 0.5) is 0 Å². The second kappa shape index (κ2) is 5.98. The molecule has 1 unspecified atom stereocenters. The second-order valence-electron chi connectivity index (χ2n) is 3.82. The van der Waals surface area contributed by atoms with Gasteiger partial charge in [-0.05, 0) is 26.2 Å². The minimum Gasteiger partial charge on any atom is -0.394 e. The molecule has 1 fully saturated rings. The van der Waals surface area contributed by atoms with Crippen LogP contribution in [0.25, 0.3) is 0 Å². The lowest BCUT2D eigenvalue weighted by molar-refractivity contribution is -0.122. The summed E-state index contributed by atoms with van der Waals surface area (Å²) in [5, 5.41) is 11.4. The highest BCUT2D eigenvalue weighted by Gasteiger charge is 2.16. The first-order valence-electron chi connectivity index (χ1n) is 5.24. The number of nitrogens with one attached hydrogen (secondary N) is 1. The van der Waals surface area contributed by atoms with Crippen LogP contribution in [0.15, 0.2) is 0 Å². The zero-order valence-corrected chi connectivity index (χ0v) is 8.66. The van der Waals surface area contributed by atoms with E-state index in [1.165, 1.54) is 0 Å². The summed E-state index contributed by atoms with van der Waals surface area (Å²) in [6.45, 7) is 2.61. The first-order chi connectivity index (χ1) is 6.72. The predicted octanol–water partition coefficient (Wildman–Crippen LogP) is 0.443. The largest absolute Gasteiger partial charge is 0.394 e. The van der Waals surface area contributed by atoms with Gasteiger partial charge in [0.05, 0.1) is 12.7 Å². The molecule has 1 heterocycles. The van der Waals surface area contributed by atoms with Crippen molar-refractivity contribution >= 4 is 5.91 Å². The van der Waals surface area contributed by atoms with E-state index in [0.717, 1.165) is 25.9 Å². The molecule has 0 spiro atoms. The first-order valence-corrected chi connectivity index (χ1v) is 5.24. The zero-order chi connectivity index (χ0) is 10.4. The molecule has 82 valence electrons. The molecule has 4 nitrogen and oxygen atoms in total. The predicted molar refractivity (Wildman–Crippen MR) is 52.9 cm³/mol. The number of hydrogen-bond acceptors (Lipinski definition) is 3. The fraction of sp³-hybridized carbons (Fsp3) is 0.900. The molecular formula is C10H19NO3. The van der Waals surface area contributed by atoms with E-state index >= 15 is 0 Å². The van der Waals surface area contributed by atoms with E-state index < -0.39 is 0 Å². The third-order valence-electron chi connectivity index (χ3n) is 2.40. The van der Waals surface area contributed by atoms with Gasteiger partial charge in [0.15, 0.2) is 0 Å². The van der Waals surface area contributed by atoms with Crippen molar-refractivity contribution in [3.05, 3.63) is 0 Å². The summed E-state index contributed by atoms with van der Waals surface area (Å²) in [5.74, 6) is 0.00190. The Morgan fingerprint density at radius 2 is 2.50 bits per heavy atom. The van der Waals surface area contributed by atoms with Gasteiger partial charge in [-0.15, -0.1) is 0 Å². The SMILES string of the molecule is C[C@@H](CO)NC(=O)CCC1CCCO1. The van der Waals surface area contributed by atoms with Gasteiger partial charge in [-0.25, -0.2) is 0 Å². The van der Waals surface area contributed by atoms with E-state index in [4.69, 9.17) is 9.84 Å². The molecule has 1 aliphatic heterocycles. The monoisotopic (exact) mass is 201 g/mol. The molecule has 1 amide bonds. The normalized spacial score (nSPS) is 23.4. The summed E-state index contributed by atoms with van der Waals surface area (Å²) >= 11 is 0. The van der Waals surface area contributed by atoms with Crippen molar-refractivity contribution < 1.29 is 14.6 Å². The van der Waals surface area contributed by atoms with Gasteiger partial charge >= 0.3 is 0 Å². The third kappa shape index (κ3) is 4.07. The number of carbonyl (C=O) groups is 1. The molecule has 1 saturated heterocycles. The van der Waals surface area contributed by atoms with Gasteiger partial charge in [0, 0.05) is 19.1 Å². The van der Waals surface area contributed by atoms with E-state index in [1.807, 2.05) is 0 Å². The van der Waals surface area contributed by atoms with E-state index in [2.05, 4.69) is 5.32 Å². The number of aliphatic hydroxyl groups is 1. The Kier molecular flexibility index (Phi) is 4.90. The van der Waals surface area contributed by atoms with Crippen molar-refractivity contribution in [3.63, 3.8) is 0 Å². The Morgan fingerprint density at radius 3 is 3.07 bits per heavy atom. The first kappa shape index (κ1) is 11.5. The minimum absolute atomic E-state index is 0.00190. The molecule has 2 N–H and O–H groups in total. The zero-order valence-electron chi connectivity index (χ0n) is 8.66. The van der Waals surface area contributed by atoms with Gasteiger partial charge in [-0.1, -0.05) is 0 Å². The Labute approximate surface area is 84.6 Å². The topological polar surface area (TPSA) is 58.6 Å². The molecular weight excluding hydrogens is 182 g/mol. The molecule has 0 radical (unpaired) electrons. The molecule has 1 aliphatic rings. The van der Waals surface area contributed by atoms with Gasteiger partial charge in [0.1, 0.15) is 0 Å². The van der Waals surface area contributed by atoms with Crippen LogP contribution in [0.1, 0.15) is 32.6 Å². The Bertz CT molecular complexity index is 178. The van der Waals surface area contributed by atoms with Crippen LogP contribution < -0.4 is 5.32 Å². The number of hydrogen-bond donors (Lipinski definition) is 2. The quantitative estimate of drug-likeness (QED) is 0.678. The average Bonchev–Trinajstić information content (AvgIpc) is 2.67. The van der Waals surface area contributed by atoms with Gasteiger partial charge in [0.25, 0.3) is 0 Å². The fourth-order valence-electron chi connectivity index (χ4n) is 1.56. The van der Waals surface area contributed by atoms with Crippen molar-refractivity contribution in [3.8, 4) is 0 Å². The lowest BCUT2D eigenvalue weighted by Gasteiger charge is -2.12. The molecule has 0 saturated carbocycles. The van der Waals surface area contributed by atoms with E-state index in [9.17, 15) is 4.79 Å². The van der Waals surface area contributed by atoms with Crippen molar-refractivity contribution in [2.24, 2.45) is 0 Å². The van der Waals surface area contributed by atoms with Crippen molar-refractivity contribution in [2.45, 2.75) is 44.8 Å².